The fourth-order valence-corrected chi connectivity index (χ4v) is 6.35. The summed E-state index contributed by atoms with van der Waals surface area (Å²) in [6.07, 6.45) is 0.692. The van der Waals surface area contributed by atoms with E-state index in [2.05, 4.69) is 58.4 Å². The summed E-state index contributed by atoms with van der Waals surface area (Å²) in [6.45, 7) is 12.7. The van der Waals surface area contributed by atoms with E-state index < -0.39 is 22.1 Å². The largest absolute Gasteiger partial charge is 0.322 e. The zero-order valence-corrected chi connectivity index (χ0v) is 22.6. The van der Waals surface area contributed by atoms with Crippen LogP contribution in [0.3, 0.4) is 0 Å². The standard InChI is InChI=1S/C30H40N2O2S/c1-20(2)17-26-18-25(21(3)4)19-27(22(5)6)30(26)35(33,34)32-29(24-15-11-8-12-16-24)28(31)23-13-9-7-10-14-23/h7-16,18-22,28-29,32H,17,31H2,1-6H3/t28-,29-/m0/s1. The molecule has 3 N–H and O–H groups in total. The molecule has 0 fully saturated rings. The van der Waals surface area contributed by atoms with E-state index in [0.29, 0.717) is 23.2 Å². The number of benzene rings is 3. The highest BCUT2D eigenvalue weighted by Gasteiger charge is 2.31. The molecular weight excluding hydrogens is 452 g/mol. The first-order valence-electron chi connectivity index (χ1n) is 12.6. The molecule has 0 aromatic heterocycles. The van der Waals surface area contributed by atoms with Crippen LogP contribution in [0.2, 0.25) is 0 Å². The van der Waals surface area contributed by atoms with E-state index in [1.807, 2.05) is 60.7 Å². The Morgan fingerprint density at radius 2 is 1.29 bits per heavy atom. The predicted octanol–water partition coefficient (Wildman–Crippen LogP) is 6.85. The lowest BCUT2D eigenvalue weighted by Gasteiger charge is -2.28. The van der Waals surface area contributed by atoms with Gasteiger partial charge in [0.2, 0.25) is 10.0 Å². The van der Waals surface area contributed by atoms with Gasteiger partial charge in [-0.2, -0.15) is 0 Å². The first kappa shape index (κ1) is 27.1. The molecule has 3 aromatic rings. The van der Waals surface area contributed by atoms with Crippen LogP contribution in [-0.4, -0.2) is 8.42 Å². The molecule has 0 amide bonds. The average Bonchev–Trinajstić information content (AvgIpc) is 2.82. The number of sulfonamides is 1. The Morgan fingerprint density at radius 3 is 1.77 bits per heavy atom. The maximum atomic E-state index is 14.2. The number of nitrogens with two attached hydrogens (primary N) is 1. The fraction of sp³-hybridized carbons (Fsp3) is 0.400. The molecule has 0 unspecified atom stereocenters. The Kier molecular flexibility index (Phi) is 8.92. The number of hydrogen-bond donors (Lipinski definition) is 2. The highest BCUT2D eigenvalue weighted by Crippen LogP contribution is 2.35. The Balaban J connectivity index is 2.17. The van der Waals surface area contributed by atoms with Crippen LogP contribution in [0.1, 0.15) is 93.3 Å². The minimum atomic E-state index is -3.89. The van der Waals surface area contributed by atoms with Crippen LogP contribution in [0.4, 0.5) is 0 Å². The molecule has 0 heterocycles. The molecule has 0 aliphatic rings. The zero-order chi connectivity index (χ0) is 25.8. The highest BCUT2D eigenvalue weighted by atomic mass is 32.2. The fourth-order valence-electron chi connectivity index (χ4n) is 4.52. The second-order valence-corrected chi connectivity index (χ2v) is 12.1. The quantitative estimate of drug-likeness (QED) is 0.325. The summed E-state index contributed by atoms with van der Waals surface area (Å²) in [4.78, 5) is 0.409. The molecule has 0 spiro atoms. The third-order valence-electron chi connectivity index (χ3n) is 6.39. The maximum Gasteiger partial charge on any atom is 0.241 e. The van der Waals surface area contributed by atoms with Crippen LogP contribution < -0.4 is 10.5 Å². The van der Waals surface area contributed by atoms with Crippen molar-refractivity contribution in [2.24, 2.45) is 11.7 Å². The third-order valence-corrected chi connectivity index (χ3v) is 7.99. The van der Waals surface area contributed by atoms with Crippen molar-refractivity contribution < 1.29 is 8.42 Å². The molecule has 188 valence electrons. The van der Waals surface area contributed by atoms with Crippen LogP contribution in [0, 0.1) is 5.92 Å². The number of nitrogens with one attached hydrogen (secondary N) is 1. The van der Waals surface area contributed by atoms with E-state index in [1.54, 1.807) is 0 Å². The molecule has 35 heavy (non-hydrogen) atoms. The number of rotatable bonds is 10. The van der Waals surface area contributed by atoms with E-state index in [0.717, 1.165) is 22.3 Å². The van der Waals surface area contributed by atoms with Gasteiger partial charge in [0.15, 0.2) is 0 Å². The molecule has 0 radical (unpaired) electrons. The van der Waals surface area contributed by atoms with Gasteiger partial charge in [-0.05, 0) is 52.0 Å². The second-order valence-electron chi connectivity index (χ2n) is 10.5. The molecule has 5 heteroatoms. The van der Waals surface area contributed by atoms with Crippen LogP contribution in [-0.2, 0) is 16.4 Å². The first-order valence-corrected chi connectivity index (χ1v) is 14.0. The van der Waals surface area contributed by atoms with Gasteiger partial charge in [-0.15, -0.1) is 0 Å². The van der Waals surface area contributed by atoms with Crippen molar-refractivity contribution in [1.29, 1.82) is 0 Å². The zero-order valence-electron chi connectivity index (χ0n) is 21.8. The van der Waals surface area contributed by atoms with E-state index in [1.165, 1.54) is 5.56 Å². The Bertz CT molecular complexity index is 1200. The van der Waals surface area contributed by atoms with Gasteiger partial charge in [-0.25, -0.2) is 13.1 Å². The van der Waals surface area contributed by atoms with Crippen LogP contribution >= 0.6 is 0 Å². The summed E-state index contributed by atoms with van der Waals surface area (Å²) in [6, 6.07) is 22.3. The van der Waals surface area contributed by atoms with Crippen LogP contribution in [0.25, 0.3) is 0 Å². The Labute approximate surface area is 212 Å². The highest BCUT2D eigenvalue weighted by molar-refractivity contribution is 7.89. The number of hydrogen-bond acceptors (Lipinski definition) is 3. The third kappa shape index (κ3) is 6.60. The van der Waals surface area contributed by atoms with Gasteiger partial charge in [0, 0.05) is 0 Å². The maximum absolute atomic E-state index is 14.2. The van der Waals surface area contributed by atoms with Crippen molar-refractivity contribution in [3.63, 3.8) is 0 Å². The summed E-state index contributed by atoms with van der Waals surface area (Å²) >= 11 is 0. The minimum Gasteiger partial charge on any atom is -0.322 e. The van der Waals surface area contributed by atoms with Gasteiger partial charge >= 0.3 is 0 Å². The van der Waals surface area contributed by atoms with Gasteiger partial charge in [0.1, 0.15) is 0 Å². The van der Waals surface area contributed by atoms with Crippen molar-refractivity contribution >= 4 is 10.0 Å². The topological polar surface area (TPSA) is 72.2 Å². The summed E-state index contributed by atoms with van der Waals surface area (Å²) < 4.78 is 31.4. The van der Waals surface area contributed by atoms with E-state index in [4.69, 9.17) is 5.73 Å². The van der Waals surface area contributed by atoms with Gasteiger partial charge < -0.3 is 5.73 Å². The summed E-state index contributed by atoms with van der Waals surface area (Å²) in [5.41, 5.74) is 11.3. The molecule has 0 bridgehead atoms. The molecule has 3 aromatic carbocycles. The van der Waals surface area contributed by atoms with Crippen molar-refractivity contribution in [3.8, 4) is 0 Å². The monoisotopic (exact) mass is 492 g/mol. The normalized spacial score (nSPS) is 14.0. The van der Waals surface area contributed by atoms with E-state index >= 15 is 0 Å². The van der Waals surface area contributed by atoms with Crippen molar-refractivity contribution in [1.82, 2.24) is 4.72 Å². The minimum absolute atomic E-state index is 0.0594. The molecule has 0 saturated heterocycles. The summed E-state index contributed by atoms with van der Waals surface area (Å²) in [5, 5.41) is 0. The van der Waals surface area contributed by atoms with Crippen LogP contribution in [0.5, 0.6) is 0 Å². The Morgan fingerprint density at radius 1 is 0.743 bits per heavy atom. The van der Waals surface area contributed by atoms with Gasteiger partial charge in [-0.1, -0.05) is 114 Å². The summed E-state index contributed by atoms with van der Waals surface area (Å²) in [5.74, 6) is 0.693. The molecule has 0 aliphatic carbocycles. The van der Waals surface area contributed by atoms with Crippen molar-refractivity contribution in [2.75, 3.05) is 0 Å². The van der Waals surface area contributed by atoms with Gasteiger partial charge in [0.25, 0.3) is 0 Å². The van der Waals surface area contributed by atoms with E-state index in [-0.39, 0.29) is 5.92 Å². The van der Waals surface area contributed by atoms with Crippen molar-refractivity contribution in [3.05, 3.63) is 101 Å². The molecule has 3 rings (SSSR count). The molecule has 2 atom stereocenters. The van der Waals surface area contributed by atoms with Gasteiger partial charge in [-0.3, -0.25) is 0 Å². The molecule has 4 nitrogen and oxygen atoms in total. The van der Waals surface area contributed by atoms with E-state index in [9.17, 15) is 8.42 Å². The van der Waals surface area contributed by atoms with Crippen LogP contribution in [0.15, 0.2) is 77.7 Å². The summed E-state index contributed by atoms with van der Waals surface area (Å²) in [7, 11) is -3.89. The van der Waals surface area contributed by atoms with Gasteiger partial charge in [0.05, 0.1) is 17.0 Å². The lowest BCUT2D eigenvalue weighted by atomic mass is 9.90. The lowest BCUT2D eigenvalue weighted by molar-refractivity contribution is 0.501. The SMILES string of the molecule is CC(C)Cc1cc(C(C)C)cc(C(C)C)c1S(=O)(=O)N[C@@H](c1ccccc1)[C@@H](N)c1ccccc1. The Hall–Kier alpha value is -2.47. The lowest BCUT2D eigenvalue weighted by Crippen LogP contribution is -2.37. The molecular formula is C30H40N2O2S. The smallest absolute Gasteiger partial charge is 0.241 e. The predicted molar refractivity (Wildman–Crippen MR) is 146 cm³/mol. The average molecular weight is 493 g/mol. The second kappa shape index (κ2) is 11.5. The first-order chi connectivity index (χ1) is 16.5. The molecule has 0 aliphatic heterocycles. The van der Waals surface area contributed by atoms with Crippen molar-refractivity contribution in [2.45, 2.75) is 76.8 Å². The molecule has 0 saturated carbocycles.